The van der Waals surface area contributed by atoms with Crippen molar-refractivity contribution in [3.8, 4) is 28.6 Å². The van der Waals surface area contributed by atoms with E-state index in [1.54, 1.807) is 0 Å². The third-order valence-electron chi connectivity index (χ3n) is 9.54. The monoisotopic (exact) mass is 599 g/mol. The van der Waals surface area contributed by atoms with E-state index >= 15 is 0 Å². The van der Waals surface area contributed by atoms with E-state index in [1.165, 1.54) is 21.8 Å². The van der Waals surface area contributed by atoms with Crippen LogP contribution in [0.3, 0.4) is 0 Å². The fourth-order valence-corrected chi connectivity index (χ4v) is 7.49. The van der Waals surface area contributed by atoms with E-state index in [9.17, 15) is 5.26 Å². The fourth-order valence-electron chi connectivity index (χ4n) is 7.49. The Morgan fingerprint density at radius 2 is 0.979 bits per heavy atom. The number of aromatic nitrogens is 2. The van der Waals surface area contributed by atoms with Gasteiger partial charge in [-0.3, -0.25) is 0 Å². The highest BCUT2D eigenvalue weighted by Crippen LogP contribution is 2.38. The van der Waals surface area contributed by atoms with Gasteiger partial charge in [0.25, 0.3) is 0 Å². The molecule has 10 rings (SSSR count). The van der Waals surface area contributed by atoms with Crippen LogP contribution < -0.4 is 0 Å². The molecule has 0 amide bonds. The Hall–Kier alpha value is -6.57. The highest BCUT2D eigenvalue weighted by atomic mass is 16.3. The van der Waals surface area contributed by atoms with Gasteiger partial charge in [-0.1, -0.05) is 84.9 Å². The van der Waals surface area contributed by atoms with Gasteiger partial charge in [-0.25, -0.2) is 0 Å². The van der Waals surface area contributed by atoms with Gasteiger partial charge in [-0.15, -0.1) is 0 Å². The van der Waals surface area contributed by atoms with Crippen molar-refractivity contribution < 1.29 is 4.42 Å². The minimum Gasteiger partial charge on any atom is -0.456 e. The maximum absolute atomic E-state index is 10.0. The highest BCUT2D eigenvalue weighted by Gasteiger charge is 2.17. The lowest BCUT2D eigenvalue weighted by molar-refractivity contribution is 0.669. The Morgan fingerprint density at radius 1 is 0.426 bits per heavy atom. The fraction of sp³-hybridized carbons (Fsp3) is 0. The minimum atomic E-state index is 0.662. The second-order valence-corrected chi connectivity index (χ2v) is 12.1. The first-order valence-corrected chi connectivity index (χ1v) is 15.7. The molecule has 47 heavy (non-hydrogen) atoms. The lowest BCUT2D eigenvalue weighted by Crippen LogP contribution is -1.96. The maximum Gasteiger partial charge on any atom is 0.135 e. The Balaban J connectivity index is 1.16. The summed E-state index contributed by atoms with van der Waals surface area (Å²) in [5.41, 5.74) is 11.1. The molecule has 3 heterocycles. The van der Waals surface area contributed by atoms with E-state index < -0.39 is 0 Å². The van der Waals surface area contributed by atoms with Gasteiger partial charge in [0.1, 0.15) is 17.2 Å². The average Bonchev–Trinajstić information content (AvgIpc) is 3.79. The minimum absolute atomic E-state index is 0.662. The molecule has 4 nitrogen and oxygen atoms in total. The number of benzene rings is 7. The summed E-state index contributed by atoms with van der Waals surface area (Å²) in [5.74, 6) is 0. The van der Waals surface area contributed by atoms with Crippen molar-refractivity contribution >= 4 is 65.6 Å². The van der Waals surface area contributed by atoms with Crippen molar-refractivity contribution in [1.82, 2.24) is 9.13 Å². The number of furan rings is 1. The predicted molar refractivity (Wildman–Crippen MR) is 193 cm³/mol. The Bertz CT molecular complexity index is 2880. The third-order valence-corrected chi connectivity index (χ3v) is 9.54. The van der Waals surface area contributed by atoms with Crippen LogP contribution in [0, 0.1) is 11.3 Å². The number of hydrogen-bond donors (Lipinski definition) is 0. The zero-order valence-electron chi connectivity index (χ0n) is 25.2. The highest BCUT2D eigenvalue weighted by molar-refractivity contribution is 6.12. The molecule has 0 radical (unpaired) electrons. The summed E-state index contributed by atoms with van der Waals surface area (Å²) in [6, 6.07) is 55.4. The summed E-state index contributed by atoms with van der Waals surface area (Å²) < 4.78 is 10.9. The molecule has 0 saturated carbocycles. The summed E-state index contributed by atoms with van der Waals surface area (Å²) in [6.45, 7) is 0. The van der Waals surface area contributed by atoms with Gasteiger partial charge in [0.2, 0.25) is 0 Å². The molecule has 3 aromatic heterocycles. The first kappa shape index (κ1) is 25.7. The zero-order valence-corrected chi connectivity index (χ0v) is 25.2. The van der Waals surface area contributed by atoms with E-state index in [-0.39, 0.29) is 0 Å². The van der Waals surface area contributed by atoms with Gasteiger partial charge in [0.15, 0.2) is 0 Å². The smallest absolute Gasteiger partial charge is 0.135 e. The molecule has 0 N–H and O–H groups in total. The van der Waals surface area contributed by atoms with Gasteiger partial charge in [0.05, 0.1) is 27.6 Å². The molecule has 0 bridgehead atoms. The second-order valence-electron chi connectivity index (χ2n) is 12.1. The van der Waals surface area contributed by atoms with E-state index in [0.29, 0.717) is 5.56 Å². The summed E-state index contributed by atoms with van der Waals surface area (Å²) >= 11 is 0. The van der Waals surface area contributed by atoms with Crippen molar-refractivity contribution in [2.45, 2.75) is 0 Å². The molecule has 7 aromatic carbocycles. The molecule has 0 unspecified atom stereocenters. The van der Waals surface area contributed by atoms with Gasteiger partial charge in [-0.05, 0) is 77.9 Å². The molecule has 218 valence electrons. The number of fused-ring (bicyclic) bond motifs is 9. The lowest BCUT2D eigenvalue weighted by Gasteiger charge is -2.11. The molecule has 10 aromatic rings. The van der Waals surface area contributed by atoms with Crippen LogP contribution in [-0.2, 0) is 0 Å². The first-order chi connectivity index (χ1) is 23.3. The largest absolute Gasteiger partial charge is 0.456 e. The number of rotatable bonds is 3. The van der Waals surface area contributed by atoms with Crippen molar-refractivity contribution in [2.75, 3.05) is 0 Å². The summed E-state index contributed by atoms with van der Waals surface area (Å²) in [7, 11) is 0. The van der Waals surface area contributed by atoms with E-state index in [4.69, 9.17) is 4.42 Å². The third kappa shape index (κ3) is 3.69. The predicted octanol–water partition coefficient (Wildman–Crippen LogP) is 11.3. The number of nitriles is 1. The van der Waals surface area contributed by atoms with E-state index in [2.05, 4.69) is 155 Å². The molecule has 0 aliphatic carbocycles. The molecule has 4 heteroatoms. The van der Waals surface area contributed by atoms with E-state index in [0.717, 1.165) is 66.2 Å². The van der Waals surface area contributed by atoms with Crippen LogP contribution in [0.15, 0.2) is 156 Å². The van der Waals surface area contributed by atoms with E-state index in [1.807, 2.05) is 12.1 Å². The SMILES string of the molecule is N#Cc1cccc2c3ccccc3n(-c3cccc(-c4ccc5oc6ccc(-n7c8ccccc8c8ccccc87)cc6c5c4)c3)c12. The van der Waals surface area contributed by atoms with Crippen LogP contribution in [0.1, 0.15) is 5.56 Å². The van der Waals surface area contributed by atoms with Crippen LogP contribution in [0.5, 0.6) is 0 Å². The summed E-state index contributed by atoms with van der Waals surface area (Å²) in [5, 5.41) is 16.9. The zero-order chi connectivity index (χ0) is 31.1. The lowest BCUT2D eigenvalue weighted by atomic mass is 10.0. The molecule has 0 saturated heterocycles. The first-order valence-electron chi connectivity index (χ1n) is 15.7. The molecule has 0 aliphatic heterocycles. The normalized spacial score (nSPS) is 11.8. The Kier molecular flexibility index (Phi) is 5.32. The van der Waals surface area contributed by atoms with Gasteiger partial charge < -0.3 is 13.6 Å². The average molecular weight is 600 g/mol. The second kappa shape index (κ2) is 9.71. The van der Waals surface area contributed by atoms with Crippen LogP contribution in [0.4, 0.5) is 0 Å². The molecule has 0 spiro atoms. The molecular weight excluding hydrogens is 574 g/mol. The van der Waals surface area contributed by atoms with Crippen LogP contribution >= 0.6 is 0 Å². The number of nitrogens with zero attached hydrogens (tertiary/aromatic N) is 3. The molecule has 0 aliphatic rings. The van der Waals surface area contributed by atoms with Crippen molar-refractivity contribution in [3.63, 3.8) is 0 Å². The number of hydrogen-bond acceptors (Lipinski definition) is 2. The van der Waals surface area contributed by atoms with Crippen LogP contribution in [0.25, 0.3) is 88.1 Å². The Labute approximate surface area is 269 Å². The maximum atomic E-state index is 10.0. The Morgan fingerprint density at radius 3 is 1.70 bits per heavy atom. The number of para-hydroxylation sites is 4. The summed E-state index contributed by atoms with van der Waals surface area (Å²) in [6.07, 6.45) is 0. The van der Waals surface area contributed by atoms with Crippen LogP contribution in [-0.4, -0.2) is 9.13 Å². The van der Waals surface area contributed by atoms with Gasteiger partial charge in [-0.2, -0.15) is 5.26 Å². The standard InChI is InChI=1S/C43H25N3O/c44-26-29-10-8-15-35-34-14-3-6-18-40(34)46(43(29)35)30-11-7-9-27(23-30)28-19-21-41-36(24-28)37-25-31(20-22-42(37)47-41)45-38-16-4-1-12-32(38)33-13-2-5-17-39(33)45/h1-25H. The summed E-state index contributed by atoms with van der Waals surface area (Å²) in [4.78, 5) is 0. The van der Waals surface area contributed by atoms with Crippen molar-refractivity contribution in [1.29, 1.82) is 5.26 Å². The topological polar surface area (TPSA) is 46.8 Å². The van der Waals surface area contributed by atoms with Gasteiger partial charge in [0, 0.05) is 43.7 Å². The van der Waals surface area contributed by atoms with Crippen LogP contribution in [0.2, 0.25) is 0 Å². The molecule has 0 atom stereocenters. The van der Waals surface area contributed by atoms with Gasteiger partial charge >= 0.3 is 0 Å². The van der Waals surface area contributed by atoms with Crippen molar-refractivity contribution in [3.05, 3.63) is 157 Å². The molecular formula is C43H25N3O. The quantitative estimate of drug-likeness (QED) is 0.203. The van der Waals surface area contributed by atoms with Crippen molar-refractivity contribution in [2.24, 2.45) is 0 Å². The molecule has 0 fully saturated rings.